The minimum atomic E-state index is 0.445. The highest BCUT2D eigenvalue weighted by atomic mass is 32.2. The number of rotatable bonds is 3. The second-order valence-corrected chi connectivity index (χ2v) is 4.77. The van der Waals surface area contributed by atoms with Crippen LogP contribution in [-0.4, -0.2) is 4.98 Å². The molecule has 0 saturated carbocycles. The van der Waals surface area contributed by atoms with Gasteiger partial charge in [0.1, 0.15) is 0 Å². The Morgan fingerprint density at radius 2 is 1.87 bits per heavy atom. The van der Waals surface area contributed by atoms with E-state index in [9.17, 15) is 0 Å². The zero-order valence-corrected chi connectivity index (χ0v) is 9.45. The molecule has 76 valence electrons. The van der Waals surface area contributed by atoms with Gasteiger partial charge in [-0.1, -0.05) is 24.3 Å². The van der Waals surface area contributed by atoms with Crippen LogP contribution in [0.3, 0.4) is 0 Å². The van der Waals surface area contributed by atoms with E-state index in [1.807, 2.05) is 36.3 Å². The second-order valence-electron chi connectivity index (χ2n) is 3.36. The van der Waals surface area contributed by atoms with E-state index in [1.54, 1.807) is 0 Å². The Balaban J connectivity index is 2.08. The van der Waals surface area contributed by atoms with Crippen LogP contribution in [0.15, 0.2) is 59.8 Å². The van der Waals surface area contributed by atoms with Crippen molar-refractivity contribution in [3.8, 4) is 0 Å². The molecule has 0 amide bonds. The Labute approximate surface area is 94.6 Å². The molecule has 0 saturated heterocycles. The quantitative estimate of drug-likeness (QED) is 0.719. The van der Waals surface area contributed by atoms with Gasteiger partial charge in [0, 0.05) is 22.5 Å². The maximum Gasteiger partial charge on any atom is 0.0331 e. The van der Waals surface area contributed by atoms with Crippen LogP contribution in [-0.2, 0) is 0 Å². The monoisotopic (exact) mass is 215 g/mol. The summed E-state index contributed by atoms with van der Waals surface area (Å²) in [6.07, 6.45) is 3.74. The maximum absolute atomic E-state index is 4.13. The van der Waals surface area contributed by atoms with E-state index in [-0.39, 0.29) is 0 Å². The van der Waals surface area contributed by atoms with Crippen LogP contribution in [0, 0.1) is 0 Å². The summed E-state index contributed by atoms with van der Waals surface area (Å²) in [6.45, 7) is 2.20. The van der Waals surface area contributed by atoms with E-state index < -0.39 is 0 Å². The molecule has 0 aliphatic carbocycles. The molecule has 1 heterocycles. The summed E-state index contributed by atoms with van der Waals surface area (Å²) in [5, 5.41) is 0.445. The van der Waals surface area contributed by atoms with Gasteiger partial charge >= 0.3 is 0 Å². The van der Waals surface area contributed by atoms with Gasteiger partial charge in [0.25, 0.3) is 0 Å². The van der Waals surface area contributed by atoms with Crippen LogP contribution in [0.25, 0.3) is 0 Å². The second kappa shape index (κ2) is 4.99. The van der Waals surface area contributed by atoms with Crippen molar-refractivity contribution in [3.63, 3.8) is 0 Å². The number of pyridine rings is 1. The lowest BCUT2D eigenvalue weighted by Crippen LogP contribution is -1.88. The predicted molar refractivity (Wildman–Crippen MR) is 65.0 cm³/mol. The number of nitrogens with zero attached hydrogens (tertiary/aromatic N) is 1. The van der Waals surface area contributed by atoms with Crippen molar-refractivity contribution in [3.05, 3.63) is 60.4 Å². The largest absolute Gasteiger partial charge is 0.264 e. The molecular weight excluding hydrogens is 202 g/mol. The molecule has 0 bridgehead atoms. The van der Waals surface area contributed by atoms with E-state index in [0.29, 0.717) is 5.25 Å². The van der Waals surface area contributed by atoms with Gasteiger partial charge in [-0.3, -0.25) is 4.98 Å². The van der Waals surface area contributed by atoms with Crippen molar-refractivity contribution >= 4 is 11.8 Å². The van der Waals surface area contributed by atoms with Gasteiger partial charge in [-0.15, -0.1) is 11.8 Å². The zero-order chi connectivity index (χ0) is 10.5. The summed E-state index contributed by atoms with van der Waals surface area (Å²) in [5.74, 6) is 0. The highest BCUT2D eigenvalue weighted by molar-refractivity contribution is 7.99. The fourth-order valence-electron chi connectivity index (χ4n) is 1.39. The lowest BCUT2D eigenvalue weighted by molar-refractivity contribution is 1.07. The van der Waals surface area contributed by atoms with Gasteiger partial charge in [0.2, 0.25) is 0 Å². The smallest absolute Gasteiger partial charge is 0.0331 e. The first-order chi connectivity index (χ1) is 7.36. The Morgan fingerprint density at radius 1 is 1.07 bits per heavy atom. The number of benzene rings is 1. The maximum atomic E-state index is 4.13. The third-order valence-electron chi connectivity index (χ3n) is 2.21. The molecule has 0 fully saturated rings. The topological polar surface area (TPSA) is 12.9 Å². The lowest BCUT2D eigenvalue weighted by Gasteiger charge is -2.10. The third-order valence-corrected chi connectivity index (χ3v) is 3.38. The molecule has 2 aromatic rings. The first-order valence-electron chi connectivity index (χ1n) is 4.98. The normalized spacial score (nSPS) is 12.3. The van der Waals surface area contributed by atoms with E-state index in [2.05, 4.69) is 42.2 Å². The Morgan fingerprint density at radius 3 is 2.53 bits per heavy atom. The molecule has 0 unspecified atom stereocenters. The minimum Gasteiger partial charge on any atom is -0.264 e. The van der Waals surface area contributed by atoms with Crippen molar-refractivity contribution < 1.29 is 0 Å². The standard InChI is InChI=1S/C13H13NS/c1-11(12-6-5-9-14-10-12)15-13-7-3-2-4-8-13/h2-11H,1H3/t11-/m1/s1. The van der Waals surface area contributed by atoms with Crippen molar-refractivity contribution in [2.45, 2.75) is 17.1 Å². The molecule has 2 heteroatoms. The van der Waals surface area contributed by atoms with Crippen molar-refractivity contribution in [1.82, 2.24) is 4.98 Å². The SMILES string of the molecule is C[C@@H](Sc1ccccc1)c1cccnc1. The predicted octanol–water partition coefficient (Wildman–Crippen LogP) is 3.93. The van der Waals surface area contributed by atoms with Crippen LogP contribution in [0.2, 0.25) is 0 Å². The Bertz CT molecular complexity index is 399. The average Bonchev–Trinajstić information content (AvgIpc) is 2.31. The van der Waals surface area contributed by atoms with Crippen LogP contribution in [0.4, 0.5) is 0 Å². The number of thioether (sulfide) groups is 1. The van der Waals surface area contributed by atoms with E-state index in [1.165, 1.54) is 10.5 Å². The summed E-state index contributed by atoms with van der Waals surface area (Å²) in [6, 6.07) is 14.6. The number of aromatic nitrogens is 1. The molecule has 0 aliphatic heterocycles. The molecule has 1 nitrogen and oxygen atoms in total. The number of hydrogen-bond donors (Lipinski definition) is 0. The molecule has 0 radical (unpaired) electrons. The fraction of sp³-hybridized carbons (Fsp3) is 0.154. The Hall–Kier alpha value is -1.28. The van der Waals surface area contributed by atoms with Crippen LogP contribution in [0.5, 0.6) is 0 Å². The zero-order valence-electron chi connectivity index (χ0n) is 8.63. The first-order valence-corrected chi connectivity index (χ1v) is 5.86. The van der Waals surface area contributed by atoms with Gasteiger partial charge < -0.3 is 0 Å². The van der Waals surface area contributed by atoms with E-state index >= 15 is 0 Å². The summed E-state index contributed by atoms with van der Waals surface area (Å²) in [7, 11) is 0. The van der Waals surface area contributed by atoms with Gasteiger partial charge in [-0.05, 0) is 30.7 Å². The van der Waals surface area contributed by atoms with Crippen molar-refractivity contribution in [2.24, 2.45) is 0 Å². The van der Waals surface area contributed by atoms with Crippen LogP contribution < -0.4 is 0 Å². The summed E-state index contributed by atoms with van der Waals surface area (Å²) in [4.78, 5) is 5.43. The first kappa shape index (κ1) is 10.2. The molecule has 1 aromatic heterocycles. The third kappa shape index (κ3) is 2.83. The van der Waals surface area contributed by atoms with Gasteiger partial charge in [0.05, 0.1) is 0 Å². The van der Waals surface area contributed by atoms with Crippen LogP contribution >= 0.6 is 11.8 Å². The molecule has 0 aliphatic rings. The van der Waals surface area contributed by atoms with Crippen molar-refractivity contribution in [2.75, 3.05) is 0 Å². The Kier molecular flexibility index (Phi) is 3.41. The summed E-state index contributed by atoms with van der Waals surface area (Å²) >= 11 is 1.86. The summed E-state index contributed by atoms with van der Waals surface area (Å²) in [5.41, 5.74) is 1.27. The molecule has 1 aromatic carbocycles. The fourth-order valence-corrected chi connectivity index (χ4v) is 2.39. The van der Waals surface area contributed by atoms with Gasteiger partial charge in [-0.25, -0.2) is 0 Å². The molecule has 0 spiro atoms. The van der Waals surface area contributed by atoms with E-state index in [0.717, 1.165) is 0 Å². The molecule has 15 heavy (non-hydrogen) atoms. The lowest BCUT2D eigenvalue weighted by atomic mass is 10.2. The molecule has 0 N–H and O–H groups in total. The van der Waals surface area contributed by atoms with Gasteiger partial charge in [-0.2, -0.15) is 0 Å². The van der Waals surface area contributed by atoms with E-state index in [4.69, 9.17) is 0 Å². The average molecular weight is 215 g/mol. The van der Waals surface area contributed by atoms with Crippen LogP contribution in [0.1, 0.15) is 17.7 Å². The molecular formula is C13H13NS. The summed E-state index contributed by atoms with van der Waals surface area (Å²) < 4.78 is 0. The van der Waals surface area contributed by atoms with Crippen molar-refractivity contribution in [1.29, 1.82) is 0 Å². The number of hydrogen-bond acceptors (Lipinski definition) is 2. The highest BCUT2D eigenvalue weighted by Crippen LogP contribution is 2.33. The van der Waals surface area contributed by atoms with Gasteiger partial charge in [0.15, 0.2) is 0 Å². The molecule has 2 rings (SSSR count). The highest BCUT2D eigenvalue weighted by Gasteiger charge is 2.06. The minimum absolute atomic E-state index is 0.445. The molecule has 1 atom stereocenters.